The Labute approximate surface area is 291 Å². The minimum atomic E-state index is -3.27. The van der Waals surface area contributed by atoms with Gasteiger partial charge in [-0.15, -0.1) is 0 Å². The molecule has 0 unspecified atom stereocenters. The van der Waals surface area contributed by atoms with E-state index in [9.17, 15) is 22.8 Å². The van der Waals surface area contributed by atoms with E-state index in [0.717, 1.165) is 55.6 Å². The molecule has 0 aromatic heterocycles. The molecular weight excluding hydrogens is 637 g/mol. The zero-order valence-corrected chi connectivity index (χ0v) is 29.6. The normalized spacial score (nSPS) is 17.0. The number of nitrogens with zero attached hydrogens (tertiary/aromatic N) is 3. The summed E-state index contributed by atoms with van der Waals surface area (Å²) in [6.07, 6.45) is 5.71. The summed E-state index contributed by atoms with van der Waals surface area (Å²) in [6, 6.07) is 26.6. The van der Waals surface area contributed by atoms with Gasteiger partial charge in [0.05, 0.1) is 23.8 Å². The van der Waals surface area contributed by atoms with Crippen molar-refractivity contribution in [3.8, 4) is 0 Å². The molecule has 3 aromatic rings. The molecule has 2 aliphatic rings. The number of piperidine rings is 2. The molecule has 2 heterocycles. The van der Waals surface area contributed by atoms with Crippen molar-refractivity contribution in [3.63, 3.8) is 0 Å². The molecule has 2 aliphatic heterocycles. The number of nitrogens with one attached hydrogen (secondary N) is 1. The maximum atomic E-state index is 13.5. The molecule has 9 nitrogen and oxygen atoms in total. The SMILES string of the molecule is CCN(C(=O)Cc1ccc(S(C)(=O)=O)cc1)C1CCN(CC[C@H](NC(=O)C2CCN(C(=O)Cc3ccccc3)CC2)c2ccccc2)CC1. The van der Waals surface area contributed by atoms with Crippen molar-refractivity contribution in [1.82, 2.24) is 20.0 Å². The highest BCUT2D eigenvalue weighted by atomic mass is 32.2. The molecule has 3 amide bonds. The summed E-state index contributed by atoms with van der Waals surface area (Å²) in [4.78, 5) is 46.2. The lowest BCUT2D eigenvalue weighted by molar-refractivity contribution is -0.135. The van der Waals surface area contributed by atoms with E-state index in [1.807, 2.05) is 65.3 Å². The van der Waals surface area contributed by atoms with Gasteiger partial charge >= 0.3 is 0 Å². The van der Waals surface area contributed by atoms with Gasteiger partial charge in [0.25, 0.3) is 0 Å². The van der Waals surface area contributed by atoms with E-state index in [2.05, 4.69) is 22.3 Å². The lowest BCUT2D eigenvalue weighted by Gasteiger charge is -2.39. The molecule has 0 bridgehead atoms. The van der Waals surface area contributed by atoms with Crippen molar-refractivity contribution in [2.45, 2.75) is 68.8 Å². The summed E-state index contributed by atoms with van der Waals surface area (Å²) in [6.45, 7) is 6.43. The number of hydrogen-bond acceptors (Lipinski definition) is 6. The fourth-order valence-electron chi connectivity index (χ4n) is 7.11. The van der Waals surface area contributed by atoms with E-state index in [0.29, 0.717) is 38.9 Å². The Morgan fingerprint density at radius 3 is 1.98 bits per heavy atom. The maximum Gasteiger partial charge on any atom is 0.227 e. The van der Waals surface area contributed by atoms with Gasteiger partial charge in [0, 0.05) is 57.5 Å². The predicted octanol–water partition coefficient (Wildman–Crippen LogP) is 4.67. The van der Waals surface area contributed by atoms with Crippen molar-refractivity contribution in [2.24, 2.45) is 5.92 Å². The Bertz CT molecular complexity index is 1630. The third-order valence-corrected chi connectivity index (χ3v) is 11.2. The fraction of sp³-hybridized carbons (Fsp3) is 0.462. The van der Waals surface area contributed by atoms with Crippen molar-refractivity contribution in [2.75, 3.05) is 45.5 Å². The number of sulfone groups is 1. The van der Waals surface area contributed by atoms with Crippen LogP contribution in [0.1, 0.15) is 61.8 Å². The van der Waals surface area contributed by atoms with Gasteiger partial charge in [0.15, 0.2) is 9.84 Å². The fourth-order valence-corrected chi connectivity index (χ4v) is 7.74. The number of carbonyl (C=O) groups is 3. The van der Waals surface area contributed by atoms with Crippen LogP contribution in [0.4, 0.5) is 0 Å². The number of amides is 3. The van der Waals surface area contributed by atoms with Crippen LogP contribution in [0.3, 0.4) is 0 Å². The summed E-state index contributed by atoms with van der Waals surface area (Å²) < 4.78 is 23.6. The monoisotopic (exact) mass is 686 g/mol. The second-order valence-corrected chi connectivity index (χ2v) is 15.4. The summed E-state index contributed by atoms with van der Waals surface area (Å²) >= 11 is 0. The van der Waals surface area contributed by atoms with Crippen LogP contribution >= 0.6 is 0 Å². The number of likely N-dealkylation sites (N-methyl/N-ethyl adjacent to an activating group) is 1. The number of likely N-dealkylation sites (tertiary alicyclic amines) is 2. The minimum absolute atomic E-state index is 0.0609. The van der Waals surface area contributed by atoms with E-state index in [1.165, 1.54) is 6.26 Å². The standard InChI is InChI=1S/C39H50N4O5S/c1-3-43(38(45)29-31-14-16-35(17-15-31)49(2,47)48)34-20-23-41(24-21-34)25-22-36(32-12-8-5-9-13-32)40-39(46)33-18-26-42(27-19-33)37(44)28-30-10-6-4-7-11-30/h4-17,33-34,36H,3,18-29H2,1-2H3,(H,40,46)/t36-/m0/s1. The third kappa shape index (κ3) is 10.2. The number of carbonyl (C=O) groups excluding carboxylic acids is 3. The van der Waals surface area contributed by atoms with Crippen molar-refractivity contribution in [3.05, 3.63) is 102 Å². The van der Waals surface area contributed by atoms with Gasteiger partial charge < -0.3 is 20.0 Å². The first-order valence-corrected chi connectivity index (χ1v) is 19.5. The van der Waals surface area contributed by atoms with Gasteiger partial charge in [0.2, 0.25) is 17.7 Å². The highest BCUT2D eigenvalue weighted by Crippen LogP contribution is 2.24. The van der Waals surface area contributed by atoms with Crippen LogP contribution in [0.25, 0.3) is 0 Å². The maximum absolute atomic E-state index is 13.5. The molecule has 10 heteroatoms. The summed E-state index contributed by atoms with van der Waals surface area (Å²) in [5, 5.41) is 3.36. The van der Waals surface area contributed by atoms with Crippen LogP contribution in [0, 0.1) is 5.92 Å². The van der Waals surface area contributed by atoms with Gasteiger partial charge in [-0.25, -0.2) is 8.42 Å². The second kappa shape index (κ2) is 17.1. The smallest absolute Gasteiger partial charge is 0.227 e. The third-order valence-electron chi connectivity index (χ3n) is 10.0. The van der Waals surface area contributed by atoms with Gasteiger partial charge in [-0.05, 0) is 67.9 Å². The molecule has 2 saturated heterocycles. The first-order chi connectivity index (χ1) is 23.6. The lowest BCUT2D eigenvalue weighted by atomic mass is 9.94. The lowest BCUT2D eigenvalue weighted by Crippen LogP contribution is -2.48. The predicted molar refractivity (Wildman–Crippen MR) is 191 cm³/mol. The van der Waals surface area contributed by atoms with Crippen LogP contribution < -0.4 is 5.32 Å². The molecular formula is C39H50N4O5S. The summed E-state index contributed by atoms with van der Waals surface area (Å²) in [7, 11) is -3.27. The summed E-state index contributed by atoms with van der Waals surface area (Å²) in [5.41, 5.74) is 2.91. The largest absolute Gasteiger partial charge is 0.349 e. The highest BCUT2D eigenvalue weighted by molar-refractivity contribution is 7.90. The zero-order valence-electron chi connectivity index (χ0n) is 28.8. The Hall–Kier alpha value is -4.02. The van der Waals surface area contributed by atoms with Gasteiger partial charge in [-0.1, -0.05) is 72.8 Å². The van der Waals surface area contributed by atoms with E-state index in [1.54, 1.807) is 24.3 Å². The Balaban J connectivity index is 1.09. The summed E-state index contributed by atoms with van der Waals surface area (Å²) in [5.74, 6) is 0.124. The zero-order chi connectivity index (χ0) is 34.8. The molecule has 0 aliphatic carbocycles. The molecule has 262 valence electrons. The average molecular weight is 687 g/mol. The van der Waals surface area contributed by atoms with E-state index in [4.69, 9.17) is 0 Å². The molecule has 1 atom stereocenters. The van der Waals surface area contributed by atoms with Crippen LogP contribution in [-0.2, 0) is 37.1 Å². The molecule has 0 saturated carbocycles. The molecule has 2 fully saturated rings. The minimum Gasteiger partial charge on any atom is -0.349 e. The molecule has 3 aromatic carbocycles. The number of hydrogen-bond donors (Lipinski definition) is 1. The highest BCUT2D eigenvalue weighted by Gasteiger charge is 2.30. The van der Waals surface area contributed by atoms with E-state index in [-0.39, 0.29) is 47.0 Å². The first kappa shape index (κ1) is 36.3. The molecule has 0 radical (unpaired) electrons. The van der Waals surface area contributed by atoms with Crippen LogP contribution in [0.5, 0.6) is 0 Å². The molecule has 1 N–H and O–H groups in total. The van der Waals surface area contributed by atoms with Crippen LogP contribution in [0.2, 0.25) is 0 Å². The van der Waals surface area contributed by atoms with Crippen LogP contribution in [-0.4, -0.2) is 92.4 Å². The number of benzene rings is 3. The average Bonchev–Trinajstić information content (AvgIpc) is 3.11. The molecule has 0 spiro atoms. The Morgan fingerprint density at radius 1 is 0.796 bits per heavy atom. The van der Waals surface area contributed by atoms with Crippen molar-refractivity contribution in [1.29, 1.82) is 0 Å². The molecule has 5 rings (SSSR count). The van der Waals surface area contributed by atoms with Gasteiger partial charge in [0.1, 0.15) is 0 Å². The Morgan fingerprint density at radius 2 is 1.39 bits per heavy atom. The quantitative estimate of drug-likeness (QED) is 0.280. The second-order valence-electron chi connectivity index (χ2n) is 13.4. The van der Waals surface area contributed by atoms with Crippen LogP contribution in [0.15, 0.2) is 89.8 Å². The first-order valence-electron chi connectivity index (χ1n) is 17.6. The van der Waals surface area contributed by atoms with E-state index < -0.39 is 9.84 Å². The Kier molecular flexibility index (Phi) is 12.6. The van der Waals surface area contributed by atoms with Crippen molar-refractivity contribution >= 4 is 27.6 Å². The number of rotatable bonds is 13. The van der Waals surface area contributed by atoms with E-state index >= 15 is 0 Å². The van der Waals surface area contributed by atoms with Gasteiger partial charge in [-0.2, -0.15) is 0 Å². The van der Waals surface area contributed by atoms with Crippen molar-refractivity contribution < 1.29 is 22.8 Å². The molecule has 49 heavy (non-hydrogen) atoms. The topological polar surface area (TPSA) is 107 Å². The van der Waals surface area contributed by atoms with Gasteiger partial charge in [-0.3, -0.25) is 14.4 Å².